The number of carbonyl (C=O) groups is 1. The van der Waals surface area contributed by atoms with Crippen molar-refractivity contribution >= 4 is 5.91 Å². The molecule has 1 fully saturated rings. The van der Waals surface area contributed by atoms with Gasteiger partial charge in [-0.25, -0.2) is 9.97 Å². The molecule has 0 bridgehead atoms. The van der Waals surface area contributed by atoms with Crippen molar-refractivity contribution in [2.75, 3.05) is 13.1 Å². The summed E-state index contributed by atoms with van der Waals surface area (Å²) in [6, 6.07) is 0.503. The van der Waals surface area contributed by atoms with Crippen molar-refractivity contribution in [2.24, 2.45) is 5.92 Å². The Kier molecular flexibility index (Phi) is 4.55. The van der Waals surface area contributed by atoms with Crippen LogP contribution < -0.4 is 5.56 Å². The highest BCUT2D eigenvalue weighted by Gasteiger charge is 2.33. The maximum atomic E-state index is 12.5. The zero-order chi connectivity index (χ0) is 18.0. The average molecular weight is 356 g/mol. The summed E-state index contributed by atoms with van der Waals surface area (Å²) in [6.45, 7) is 1.23. The summed E-state index contributed by atoms with van der Waals surface area (Å²) in [5.41, 5.74) is -1.93. The smallest absolute Gasteiger partial charge is 0.336 e. The predicted molar refractivity (Wildman–Crippen MR) is 78.5 cm³/mol. The zero-order valence-electron chi connectivity index (χ0n) is 13.0. The first-order valence-electron chi connectivity index (χ1n) is 7.63. The largest absolute Gasteiger partial charge is 0.433 e. The highest BCUT2D eigenvalue weighted by atomic mass is 19.4. The third-order valence-electron chi connectivity index (χ3n) is 4.14. The minimum Gasteiger partial charge on any atom is -0.336 e. The van der Waals surface area contributed by atoms with Crippen LogP contribution in [0.2, 0.25) is 0 Å². The lowest BCUT2D eigenvalue weighted by molar-refractivity contribution is -0.141. The molecule has 1 aliphatic heterocycles. The summed E-state index contributed by atoms with van der Waals surface area (Å²) in [7, 11) is 0. The first-order chi connectivity index (χ1) is 11.8. The van der Waals surface area contributed by atoms with Crippen LogP contribution in [0, 0.1) is 5.92 Å². The molecule has 1 amide bonds. The van der Waals surface area contributed by atoms with Crippen molar-refractivity contribution in [3.63, 3.8) is 0 Å². The maximum Gasteiger partial charge on any atom is 0.433 e. The van der Waals surface area contributed by atoms with Crippen molar-refractivity contribution in [1.29, 1.82) is 0 Å². The molecule has 0 atom stereocenters. The Morgan fingerprint density at radius 1 is 1.28 bits per heavy atom. The van der Waals surface area contributed by atoms with Gasteiger partial charge in [0, 0.05) is 25.7 Å². The highest BCUT2D eigenvalue weighted by molar-refractivity contribution is 5.90. The molecule has 134 valence electrons. The normalized spacial score (nSPS) is 16.2. The predicted octanol–water partition coefficient (Wildman–Crippen LogP) is 0.933. The number of carbonyl (C=O) groups excluding carboxylic acids is 1. The molecule has 0 saturated carbocycles. The van der Waals surface area contributed by atoms with Gasteiger partial charge in [-0.15, -0.1) is 0 Å². The van der Waals surface area contributed by atoms with Crippen LogP contribution in [0.15, 0.2) is 23.5 Å². The molecule has 0 spiro atoms. The summed E-state index contributed by atoms with van der Waals surface area (Å²) in [5.74, 6) is 0.000866. The number of aromatic amines is 1. The van der Waals surface area contributed by atoms with Crippen LogP contribution in [0.25, 0.3) is 0 Å². The van der Waals surface area contributed by atoms with Crippen LogP contribution in [0.4, 0.5) is 13.2 Å². The van der Waals surface area contributed by atoms with E-state index in [1.54, 1.807) is 4.90 Å². The van der Waals surface area contributed by atoms with Gasteiger partial charge in [-0.3, -0.25) is 19.3 Å². The van der Waals surface area contributed by atoms with E-state index in [9.17, 15) is 22.8 Å². The second-order valence-electron chi connectivity index (χ2n) is 5.83. The summed E-state index contributed by atoms with van der Waals surface area (Å²) >= 11 is 0. The number of likely N-dealkylation sites (tertiary alicyclic amines) is 1. The number of rotatable bonds is 3. The van der Waals surface area contributed by atoms with Crippen LogP contribution in [0.5, 0.6) is 0 Å². The lowest BCUT2D eigenvalue weighted by atomic mass is 9.96. The Morgan fingerprint density at radius 3 is 2.56 bits per heavy atom. The van der Waals surface area contributed by atoms with Crippen LogP contribution in [0.1, 0.15) is 29.2 Å². The summed E-state index contributed by atoms with van der Waals surface area (Å²) in [6.07, 6.45) is -1.19. The molecule has 2 aromatic heterocycles. The van der Waals surface area contributed by atoms with Crippen molar-refractivity contribution in [2.45, 2.75) is 25.6 Å². The third-order valence-corrected chi connectivity index (χ3v) is 4.14. The van der Waals surface area contributed by atoms with Crippen molar-refractivity contribution in [3.8, 4) is 0 Å². The number of H-pyrrole nitrogens is 1. The zero-order valence-corrected chi connectivity index (χ0v) is 13.0. The van der Waals surface area contributed by atoms with Crippen LogP contribution in [0.3, 0.4) is 0 Å². The summed E-state index contributed by atoms with van der Waals surface area (Å²) in [5, 5.41) is 6.15. The fourth-order valence-corrected chi connectivity index (χ4v) is 2.77. The Labute approximate surface area is 139 Å². The maximum absolute atomic E-state index is 12.5. The number of hydrogen-bond donors (Lipinski definition) is 1. The van der Waals surface area contributed by atoms with E-state index in [1.165, 1.54) is 10.9 Å². The van der Waals surface area contributed by atoms with E-state index >= 15 is 0 Å². The molecule has 8 nitrogen and oxygen atoms in total. The number of piperidine rings is 1. The standard InChI is InChI=1S/C14H15F3N6O2/c15-14(16,17)10-5-11(24)23(8-19-10)6-9-1-3-22(4-2-9)13(25)12-18-7-20-21-12/h5,7-9H,1-4,6H2,(H,18,20,21). The number of aromatic nitrogens is 5. The molecule has 0 radical (unpaired) electrons. The van der Waals surface area contributed by atoms with Gasteiger partial charge in [0.1, 0.15) is 6.33 Å². The van der Waals surface area contributed by atoms with Gasteiger partial charge < -0.3 is 4.90 Å². The summed E-state index contributed by atoms with van der Waals surface area (Å²) in [4.78, 5) is 32.7. The van der Waals surface area contributed by atoms with E-state index in [4.69, 9.17) is 0 Å². The minimum atomic E-state index is -4.63. The van der Waals surface area contributed by atoms with Gasteiger partial charge in [0.05, 0.1) is 6.33 Å². The molecular weight excluding hydrogens is 341 g/mol. The molecule has 2 aromatic rings. The first kappa shape index (κ1) is 17.1. The Bertz CT molecular complexity index is 794. The Balaban J connectivity index is 1.59. The van der Waals surface area contributed by atoms with Crippen molar-refractivity contribution in [3.05, 3.63) is 40.6 Å². The second-order valence-corrected chi connectivity index (χ2v) is 5.83. The number of nitrogens with zero attached hydrogens (tertiary/aromatic N) is 5. The average Bonchev–Trinajstić information content (AvgIpc) is 3.10. The molecular formula is C14H15F3N6O2. The van der Waals surface area contributed by atoms with E-state index in [1.807, 2.05) is 0 Å². The van der Waals surface area contributed by atoms with Gasteiger partial charge in [0.2, 0.25) is 5.82 Å². The number of alkyl halides is 3. The minimum absolute atomic E-state index is 0.0787. The van der Waals surface area contributed by atoms with Gasteiger partial charge in [-0.05, 0) is 18.8 Å². The van der Waals surface area contributed by atoms with Gasteiger partial charge in [-0.1, -0.05) is 0 Å². The highest BCUT2D eigenvalue weighted by Crippen LogP contribution is 2.26. The second kappa shape index (κ2) is 6.65. The fraction of sp³-hybridized carbons (Fsp3) is 0.500. The number of amides is 1. The third kappa shape index (κ3) is 3.86. The monoisotopic (exact) mass is 356 g/mol. The van der Waals surface area contributed by atoms with Gasteiger partial charge in [0.15, 0.2) is 5.69 Å². The first-order valence-corrected chi connectivity index (χ1v) is 7.63. The molecule has 1 saturated heterocycles. The van der Waals surface area contributed by atoms with Gasteiger partial charge in [-0.2, -0.15) is 18.3 Å². The molecule has 11 heteroatoms. The van der Waals surface area contributed by atoms with Gasteiger partial charge in [0.25, 0.3) is 11.5 Å². The Morgan fingerprint density at radius 2 is 2.00 bits per heavy atom. The van der Waals surface area contributed by atoms with Crippen molar-refractivity contribution in [1.82, 2.24) is 29.6 Å². The van der Waals surface area contributed by atoms with Crippen LogP contribution in [-0.2, 0) is 12.7 Å². The van der Waals surface area contributed by atoms with E-state index in [0.717, 1.165) is 6.33 Å². The molecule has 0 unspecified atom stereocenters. The molecule has 0 aromatic carbocycles. The number of nitrogens with one attached hydrogen (secondary N) is 1. The molecule has 25 heavy (non-hydrogen) atoms. The molecule has 1 aliphatic rings. The van der Waals surface area contributed by atoms with Crippen molar-refractivity contribution < 1.29 is 18.0 Å². The van der Waals surface area contributed by atoms with Gasteiger partial charge >= 0.3 is 6.18 Å². The number of halogens is 3. The van der Waals surface area contributed by atoms with E-state index in [2.05, 4.69) is 20.2 Å². The number of hydrogen-bond acceptors (Lipinski definition) is 5. The molecule has 0 aliphatic carbocycles. The molecule has 1 N–H and O–H groups in total. The fourth-order valence-electron chi connectivity index (χ4n) is 2.77. The molecule has 3 heterocycles. The quantitative estimate of drug-likeness (QED) is 0.883. The summed E-state index contributed by atoms with van der Waals surface area (Å²) < 4.78 is 38.8. The lowest BCUT2D eigenvalue weighted by Crippen LogP contribution is -2.40. The van der Waals surface area contributed by atoms with Crippen LogP contribution in [-0.4, -0.2) is 48.6 Å². The Hall–Kier alpha value is -2.72. The van der Waals surface area contributed by atoms with Crippen LogP contribution >= 0.6 is 0 Å². The van der Waals surface area contributed by atoms with E-state index in [0.29, 0.717) is 32.0 Å². The van der Waals surface area contributed by atoms with E-state index < -0.39 is 17.4 Å². The SMILES string of the molecule is O=C(c1ncn[nH]1)N1CCC(Cn2cnc(C(F)(F)F)cc2=O)CC1. The lowest BCUT2D eigenvalue weighted by Gasteiger charge is -2.31. The topological polar surface area (TPSA) is 96.8 Å². The molecule has 3 rings (SSSR count). The van der Waals surface area contributed by atoms with E-state index in [-0.39, 0.29) is 24.2 Å².